The minimum absolute atomic E-state index is 0.0966. The maximum absolute atomic E-state index is 9.09. The van der Waals surface area contributed by atoms with Crippen molar-refractivity contribution in [1.82, 2.24) is 4.90 Å². The molecule has 106 valence electrons. The fraction of sp³-hybridized carbons (Fsp3) is 0.562. The van der Waals surface area contributed by atoms with Crippen LogP contribution in [0.25, 0.3) is 0 Å². The molecule has 1 aromatic rings. The van der Waals surface area contributed by atoms with Crippen LogP contribution in [0.5, 0.6) is 5.75 Å². The largest absolute Gasteiger partial charge is 0.493 e. The summed E-state index contributed by atoms with van der Waals surface area (Å²) < 4.78 is 5.95. The topological polar surface area (TPSA) is 62.3 Å². The summed E-state index contributed by atoms with van der Waals surface area (Å²) in [4.78, 5) is 2.29. The lowest BCUT2D eigenvalue weighted by Gasteiger charge is -2.27. The molecule has 1 heterocycles. The van der Waals surface area contributed by atoms with Crippen molar-refractivity contribution < 1.29 is 4.74 Å². The number of nitrogen functional groups attached to an aromatic ring is 1. The summed E-state index contributed by atoms with van der Waals surface area (Å²) in [5.74, 6) is 0.918. The third-order valence-electron chi connectivity index (χ3n) is 4.44. The molecule has 0 radical (unpaired) electrons. The minimum Gasteiger partial charge on any atom is -0.493 e. The standard InChI is InChI=1S/C16H21N3O/c1-19-6-2-14-12(10-19)8-13(18)9-15(14)20-7-5-16(11-17)3-4-16/h8-9H,2-7,10,18H2,1H3. The van der Waals surface area contributed by atoms with Crippen molar-refractivity contribution in [2.24, 2.45) is 5.41 Å². The van der Waals surface area contributed by atoms with Crippen LogP contribution in [0.1, 0.15) is 30.4 Å². The smallest absolute Gasteiger partial charge is 0.124 e. The molecule has 4 heteroatoms. The van der Waals surface area contributed by atoms with Gasteiger partial charge < -0.3 is 15.4 Å². The molecule has 0 bridgehead atoms. The SMILES string of the molecule is CN1CCc2c(cc(N)cc2OCCC2(C#N)CC2)C1. The number of anilines is 1. The molecule has 1 fully saturated rings. The molecule has 4 nitrogen and oxygen atoms in total. The van der Waals surface area contributed by atoms with Crippen molar-refractivity contribution in [1.29, 1.82) is 5.26 Å². The molecular formula is C16H21N3O. The third-order valence-corrected chi connectivity index (χ3v) is 4.44. The Bertz CT molecular complexity index is 558. The highest BCUT2D eigenvalue weighted by Crippen LogP contribution is 2.48. The number of hydrogen-bond acceptors (Lipinski definition) is 4. The molecular weight excluding hydrogens is 250 g/mol. The van der Waals surface area contributed by atoms with Gasteiger partial charge in [-0.2, -0.15) is 5.26 Å². The first-order chi connectivity index (χ1) is 9.62. The highest BCUT2D eigenvalue weighted by atomic mass is 16.5. The third kappa shape index (κ3) is 2.59. The van der Waals surface area contributed by atoms with Crippen molar-refractivity contribution in [3.05, 3.63) is 23.3 Å². The summed E-state index contributed by atoms with van der Waals surface area (Å²) in [7, 11) is 2.12. The summed E-state index contributed by atoms with van der Waals surface area (Å²) in [6, 6.07) is 6.38. The van der Waals surface area contributed by atoms with E-state index in [2.05, 4.69) is 24.1 Å². The Morgan fingerprint density at radius 3 is 2.95 bits per heavy atom. The van der Waals surface area contributed by atoms with Gasteiger partial charge in [-0.05, 0) is 37.9 Å². The molecule has 0 spiro atoms. The van der Waals surface area contributed by atoms with Crippen LogP contribution in [0, 0.1) is 16.7 Å². The molecule has 20 heavy (non-hydrogen) atoms. The highest BCUT2D eigenvalue weighted by Gasteiger charge is 2.42. The zero-order chi connectivity index (χ0) is 14.2. The summed E-state index contributed by atoms with van der Waals surface area (Å²) in [6.07, 6.45) is 3.87. The van der Waals surface area contributed by atoms with Gasteiger partial charge in [0.25, 0.3) is 0 Å². The molecule has 0 aromatic heterocycles. The maximum Gasteiger partial charge on any atom is 0.124 e. The number of nitrogens with two attached hydrogens (primary N) is 1. The number of nitrogens with zero attached hydrogens (tertiary/aromatic N) is 2. The lowest BCUT2D eigenvalue weighted by molar-refractivity contribution is 0.274. The first-order valence-corrected chi connectivity index (χ1v) is 7.26. The molecule has 2 N–H and O–H groups in total. The number of rotatable bonds is 4. The first kappa shape index (κ1) is 13.3. The van der Waals surface area contributed by atoms with Gasteiger partial charge in [0, 0.05) is 36.8 Å². The van der Waals surface area contributed by atoms with Crippen LogP contribution in [0.2, 0.25) is 0 Å². The second kappa shape index (κ2) is 4.99. The Morgan fingerprint density at radius 2 is 2.25 bits per heavy atom. The van der Waals surface area contributed by atoms with E-state index >= 15 is 0 Å². The maximum atomic E-state index is 9.09. The van der Waals surface area contributed by atoms with E-state index in [9.17, 15) is 0 Å². The molecule has 0 atom stereocenters. The second-order valence-corrected chi connectivity index (χ2v) is 6.14. The second-order valence-electron chi connectivity index (χ2n) is 6.14. The predicted octanol–water partition coefficient (Wildman–Crippen LogP) is 2.33. The van der Waals surface area contributed by atoms with Gasteiger partial charge in [0.15, 0.2) is 0 Å². The molecule has 1 aliphatic heterocycles. The van der Waals surface area contributed by atoms with E-state index in [-0.39, 0.29) is 5.41 Å². The Balaban J connectivity index is 1.71. The number of likely N-dealkylation sites (N-methyl/N-ethyl adjacent to an activating group) is 1. The number of ether oxygens (including phenoxy) is 1. The highest BCUT2D eigenvalue weighted by molar-refractivity contribution is 5.54. The van der Waals surface area contributed by atoms with Crippen LogP contribution in [-0.4, -0.2) is 25.1 Å². The van der Waals surface area contributed by atoms with Gasteiger partial charge in [0.05, 0.1) is 18.1 Å². The summed E-state index contributed by atoms with van der Waals surface area (Å²) in [5, 5.41) is 9.09. The number of fused-ring (bicyclic) bond motifs is 1. The van der Waals surface area contributed by atoms with Crippen LogP contribution < -0.4 is 10.5 Å². The van der Waals surface area contributed by atoms with Crippen LogP contribution in [-0.2, 0) is 13.0 Å². The molecule has 0 amide bonds. The van der Waals surface area contributed by atoms with E-state index < -0.39 is 0 Å². The number of nitriles is 1. The molecule has 3 rings (SSSR count). The average molecular weight is 271 g/mol. The number of benzene rings is 1. The lowest BCUT2D eigenvalue weighted by Crippen LogP contribution is -2.27. The normalized spacial score (nSPS) is 20.0. The van der Waals surface area contributed by atoms with Crippen LogP contribution in [0.3, 0.4) is 0 Å². The van der Waals surface area contributed by atoms with E-state index in [0.29, 0.717) is 6.61 Å². The monoisotopic (exact) mass is 271 g/mol. The Morgan fingerprint density at radius 1 is 1.45 bits per heavy atom. The first-order valence-electron chi connectivity index (χ1n) is 7.26. The predicted molar refractivity (Wildman–Crippen MR) is 78.3 cm³/mol. The van der Waals surface area contributed by atoms with Crippen molar-refractivity contribution in [3.8, 4) is 11.8 Å². The van der Waals surface area contributed by atoms with E-state index in [0.717, 1.165) is 50.2 Å². The van der Waals surface area contributed by atoms with Gasteiger partial charge in [-0.1, -0.05) is 0 Å². The Labute approximate surface area is 120 Å². The van der Waals surface area contributed by atoms with Crippen molar-refractivity contribution in [2.45, 2.75) is 32.2 Å². The Hall–Kier alpha value is -1.73. The molecule has 1 saturated carbocycles. The van der Waals surface area contributed by atoms with Gasteiger partial charge in [0.1, 0.15) is 5.75 Å². The molecule has 1 aromatic carbocycles. The van der Waals surface area contributed by atoms with E-state index in [1.165, 1.54) is 11.1 Å². The summed E-state index contributed by atoms with van der Waals surface area (Å²) in [5.41, 5.74) is 9.20. The van der Waals surface area contributed by atoms with Crippen LogP contribution >= 0.6 is 0 Å². The van der Waals surface area contributed by atoms with Crippen LogP contribution in [0.15, 0.2) is 12.1 Å². The van der Waals surface area contributed by atoms with Crippen molar-refractivity contribution in [3.63, 3.8) is 0 Å². The Kier molecular flexibility index (Phi) is 3.31. The summed E-state index contributed by atoms with van der Waals surface area (Å²) in [6.45, 7) is 2.59. The van der Waals surface area contributed by atoms with Gasteiger partial charge >= 0.3 is 0 Å². The zero-order valence-corrected chi connectivity index (χ0v) is 12.0. The van der Waals surface area contributed by atoms with Crippen LogP contribution in [0.4, 0.5) is 5.69 Å². The fourth-order valence-corrected chi connectivity index (χ4v) is 2.88. The average Bonchev–Trinajstić information content (AvgIpc) is 3.18. The molecule has 0 saturated heterocycles. The van der Waals surface area contributed by atoms with Crippen molar-refractivity contribution in [2.75, 3.05) is 25.9 Å². The van der Waals surface area contributed by atoms with E-state index in [1.807, 2.05) is 6.07 Å². The minimum atomic E-state index is -0.0966. The van der Waals surface area contributed by atoms with E-state index in [1.54, 1.807) is 0 Å². The quantitative estimate of drug-likeness (QED) is 0.854. The van der Waals surface area contributed by atoms with E-state index in [4.69, 9.17) is 15.7 Å². The summed E-state index contributed by atoms with van der Waals surface area (Å²) >= 11 is 0. The van der Waals surface area contributed by atoms with Gasteiger partial charge in [0.2, 0.25) is 0 Å². The zero-order valence-electron chi connectivity index (χ0n) is 12.0. The fourth-order valence-electron chi connectivity index (χ4n) is 2.88. The molecule has 2 aliphatic rings. The van der Waals surface area contributed by atoms with Crippen molar-refractivity contribution >= 4 is 5.69 Å². The van der Waals surface area contributed by atoms with Gasteiger partial charge in [-0.15, -0.1) is 0 Å². The molecule has 0 unspecified atom stereocenters. The number of hydrogen-bond donors (Lipinski definition) is 1. The van der Waals surface area contributed by atoms with Gasteiger partial charge in [-0.3, -0.25) is 0 Å². The molecule has 1 aliphatic carbocycles. The van der Waals surface area contributed by atoms with Gasteiger partial charge in [-0.25, -0.2) is 0 Å². The lowest BCUT2D eigenvalue weighted by atomic mass is 9.98.